The number of amides is 1. The largest absolute Gasteiger partial charge is 0.480 e. The Morgan fingerprint density at radius 2 is 2.25 bits per heavy atom. The average molecular weight is 176 g/mol. The summed E-state index contributed by atoms with van der Waals surface area (Å²) in [7, 11) is 1.48. The predicted molar refractivity (Wildman–Crippen MR) is 40.5 cm³/mol. The van der Waals surface area contributed by atoms with Gasteiger partial charge in [0.05, 0.1) is 6.61 Å². The Kier molecular flexibility index (Phi) is 4.98. The van der Waals surface area contributed by atoms with Gasteiger partial charge >= 0.3 is 5.97 Å². The van der Waals surface area contributed by atoms with E-state index in [0.29, 0.717) is 6.61 Å². The van der Waals surface area contributed by atoms with Crippen molar-refractivity contribution in [3.05, 3.63) is 0 Å². The molecule has 0 radical (unpaired) electrons. The fourth-order valence-corrected chi connectivity index (χ4v) is 0.498. The third-order valence-corrected chi connectivity index (χ3v) is 1.15. The van der Waals surface area contributed by atoms with Gasteiger partial charge in [0, 0.05) is 13.7 Å². The van der Waals surface area contributed by atoms with Gasteiger partial charge in [-0.05, 0) is 0 Å². The van der Waals surface area contributed by atoms with E-state index in [4.69, 9.17) is 10.8 Å². The highest BCUT2D eigenvalue weighted by molar-refractivity contribution is 6.00. The van der Waals surface area contributed by atoms with Gasteiger partial charge in [-0.1, -0.05) is 0 Å². The van der Waals surface area contributed by atoms with Crippen molar-refractivity contribution in [1.29, 1.82) is 0 Å². The zero-order valence-corrected chi connectivity index (χ0v) is 6.74. The van der Waals surface area contributed by atoms with E-state index in [1.165, 1.54) is 7.11 Å². The van der Waals surface area contributed by atoms with Crippen LogP contribution in [0, 0.1) is 0 Å². The molecule has 0 bridgehead atoms. The van der Waals surface area contributed by atoms with Crippen LogP contribution in [0.3, 0.4) is 0 Å². The van der Waals surface area contributed by atoms with Gasteiger partial charge in [0.25, 0.3) is 0 Å². The van der Waals surface area contributed by atoms with E-state index in [2.05, 4.69) is 10.1 Å². The van der Waals surface area contributed by atoms with E-state index in [-0.39, 0.29) is 6.54 Å². The molecule has 0 aromatic rings. The molecule has 0 aliphatic carbocycles. The minimum Gasteiger partial charge on any atom is -0.480 e. The number of ether oxygens (including phenoxy) is 1. The number of hydrogen-bond donors (Lipinski definition) is 3. The molecule has 12 heavy (non-hydrogen) atoms. The molecule has 0 saturated carbocycles. The van der Waals surface area contributed by atoms with Crippen molar-refractivity contribution in [3.63, 3.8) is 0 Å². The Morgan fingerprint density at radius 1 is 1.67 bits per heavy atom. The molecule has 0 fully saturated rings. The lowest BCUT2D eigenvalue weighted by molar-refractivity contribution is -0.142. The van der Waals surface area contributed by atoms with Crippen LogP contribution in [-0.4, -0.2) is 43.3 Å². The first-order valence-electron chi connectivity index (χ1n) is 3.34. The van der Waals surface area contributed by atoms with Crippen molar-refractivity contribution in [1.82, 2.24) is 5.32 Å². The summed E-state index contributed by atoms with van der Waals surface area (Å²) < 4.78 is 4.63. The Morgan fingerprint density at radius 3 is 2.67 bits per heavy atom. The number of nitrogens with two attached hydrogens (primary N) is 1. The van der Waals surface area contributed by atoms with Gasteiger partial charge in [-0.15, -0.1) is 0 Å². The van der Waals surface area contributed by atoms with Crippen molar-refractivity contribution < 1.29 is 19.4 Å². The second-order valence-electron chi connectivity index (χ2n) is 2.10. The number of nitrogens with one attached hydrogen (secondary N) is 1. The molecular weight excluding hydrogens is 164 g/mol. The van der Waals surface area contributed by atoms with Crippen LogP contribution >= 0.6 is 0 Å². The normalized spacial score (nSPS) is 12.2. The van der Waals surface area contributed by atoms with Crippen LogP contribution in [0.5, 0.6) is 0 Å². The van der Waals surface area contributed by atoms with Crippen LogP contribution in [0.25, 0.3) is 0 Å². The third-order valence-electron chi connectivity index (χ3n) is 1.15. The molecule has 1 atom stereocenters. The van der Waals surface area contributed by atoms with Crippen LogP contribution in [0.1, 0.15) is 0 Å². The highest BCUT2D eigenvalue weighted by atomic mass is 16.5. The molecule has 6 heteroatoms. The number of hydrogen-bond acceptors (Lipinski definition) is 4. The zero-order valence-electron chi connectivity index (χ0n) is 6.74. The van der Waals surface area contributed by atoms with Gasteiger partial charge in [-0.25, -0.2) is 4.79 Å². The van der Waals surface area contributed by atoms with E-state index in [0.717, 1.165) is 0 Å². The molecule has 0 aromatic carbocycles. The van der Waals surface area contributed by atoms with Gasteiger partial charge < -0.3 is 20.9 Å². The number of rotatable bonds is 5. The maximum absolute atomic E-state index is 10.8. The molecule has 1 amide bonds. The summed E-state index contributed by atoms with van der Waals surface area (Å²) in [4.78, 5) is 20.9. The second kappa shape index (κ2) is 5.50. The first kappa shape index (κ1) is 10.9. The summed E-state index contributed by atoms with van der Waals surface area (Å²) in [5.41, 5.74) is 4.99. The summed E-state index contributed by atoms with van der Waals surface area (Å²) in [5.74, 6) is -2.05. The molecule has 4 N–H and O–H groups in total. The van der Waals surface area contributed by atoms with Crippen molar-refractivity contribution in [2.75, 3.05) is 20.3 Å². The number of aliphatic carboxylic acids is 1. The number of carbonyl (C=O) groups excluding carboxylic acids is 1. The van der Waals surface area contributed by atoms with Crippen LogP contribution in [0.2, 0.25) is 0 Å². The Bertz CT molecular complexity index is 171. The summed E-state index contributed by atoms with van der Waals surface area (Å²) in [6, 6.07) is -1.50. The van der Waals surface area contributed by atoms with Gasteiger partial charge in [-0.2, -0.15) is 0 Å². The standard InChI is InChI=1S/C6H12N2O4/c1-12-3-2-8-5(9)4(7)6(10)11/h4H,2-3,7H2,1H3,(H,8,9)(H,10,11). The second-order valence-corrected chi connectivity index (χ2v) is 2.10. The smallest absolute Gasteiger partial charge is 0.330 e. The minimum atomic E-state index is -1.50. The van der Waals surface area contributed by atoms with Gasteiger partial charge in [-0.3, -0.25) is 4.79 Å². The van der Waals surface area contributed by atoms with Gasteiger partial charge in [0.15, 0.2) is 6.04 Å². The van der Waals surface area contributed by atoms with E-state index < -0.39 is 17.9 Å². The first-order valence-corrected chi connectivity index (χ1v) is 3.34. The monoisotopic (exact) mass is 176 g/mol. The van der Waals surface area contributed by atoms with Crippen LogP contribution < -0.4 is 11.1 Å². The summed E-state index contributed by atoms with van der Waals surface area (Å²) in [6.07, 6.45) is 0. The summed E-state index contributed by atoms with van der Waals surface area (Å²) in [5, 5.41) is 10.6. The number of carbonyl (C=O) groups is 2. The van der Waals surface area contributed by atoms with Crippen molar-refractivity contribution >= 4 is 11.9 Å². The molecule has 1 unspecified atom stereocenters. The molecule has 0 spiro atoms. The fraction of sp³-hybridized carbons (Fsp3) is 0.667. The lowest BCUT2D eigenvalue weighted by Crippen LogP contribution is -2.46. The molecule has 6 nitrogen and oxygen atoms in total. The number of methoxy groups -OCH3 is 1. The number of carboxylic acids is 1. The first-order chi connectivity index (χ1) is 5.59. The molecule has 0 aromatic heterocycles. The molecule has 0 heterocycles. The van der Waals surface area contributed by atoms with Crippen LogP contribution in [0.15, 0.2) is 0 Å². The Labute approximate surface area is 69.7 Å². The molecular formula is C6H12N2O4. The van der Waals surface area contributed by atoms with Crippen molar-refractivity contribution in [2.24, 2.45) is 5.73 Å². The number of carboxylic acid groups (broad SMARTS) is 1. The maximum atomic E-state index is 10.8. The van der Waals surface area contributed by atoms with Crippen LogP contribution in [-0.2, 0) is 14.3 Å². The van der Waals surface area contributed by atoms with E-state index in [1.54, 1.807) is 0 Å². The van der Waals surface area contributed by atoms with Crippen molar-refractivity contribution in [2.45, 2.75) is 6.04 Å². The van der Waals surface area contributed by atoms with Crippen LogP contribution in [0.4, 0.5) is 0 Å². The maximum Gasteiger partial charge on any atom is 0.330 e. The highest BCUT2D eigenvalue weighted by Crippen LogP contribution is 1.78. The highest BCUT2D eigenvalue weighted by Gasteiger charge is 2.19. The van der Waals surface area contributed by atoms with Crippen molar-refractivity contribution in [3.8, 4) is 0 Å². The lowest BCUT2D eigenvalue weighted by Gasteiger charge is -2.06. The SMILES string of the molecule is COCCNC(=O)C(N)C(=O)O. The summed E-state index contributed by atoms with van der Waals surface area (Å²) in [6.45, 7) is 0.592. The minimum absolute atomic E-state index is 0.260. The third kappa shape index (κ3) is 3.89. The summed E-state index contributed by atoms with van der Waals surface area (Å²) >= 11 is 0. The predicted octanol–water partition coefficient (Wildman–Crippen LogP) is -1.84. The molecule has 0 aliphatic heterocycles. The molecule has 0 saturated heterocycles. The molecule has 70 valence electrons. The fourth-order valence-electron chi connectivity index (χ4n) is 0.498. The quantitative estimate of drug-likeness (QED) is 0.337. The zero-order chi connectivity index (χ0) is 9.56. The van der Waals surface area contributed by atoms with E-state index in [1.807, 2.05) is 0 Å². The van der Waals surface area contributed by atoms with E-state index >= 15 is 0 Å². The molecule has 0 rings (SSSR count). The van der Waals surface area contributed by atoms with Gasteiger partial charge in [0.2, 0.25) is 5.91 Å². The average Bonchev–Trinajstić information content (AvgIpc) is 2.03. The van der Waals surface area contributed by atoms with Gasteiger partial charge in [0.1, 0.15) is 0 Å². The lowest BCUT2D eigenvalue weighted by atomic mass is 10.3. The topological polar surface area (TPSA) is 102 Å². The molecule has 0 aliphatic rings. The Hall–Kier alpha value is -1.14. The van der Waals surface area contributed by atoms with E-state index in [9.17, 15) is 9.59 Å². The Balaban J connectivity index is 3.65.